The van der Waals surface area contributed by atoms with Gasteiger partial charge in [0.05, 0.1) is 12.0 Å². The molecule has 0 aliphatic rings. The van der Waals surface area contributed by atoms with E-state index >= 15 is 0 Å². The number of carbonyl (C=O) groups is 6. The van der Waals surface area contributed by atoms with Crippen LogP contribution in [0.15, 0.2) is 0 Å². The fourth-order valence-electron chi connectivity index (χ4n) is 5.01. The number of nitrogens with two attached hydrogens (primary N) is 2. The van der Waals surface area contributed by atoms with Gasteiger partial charge in [-0.2, -0.15) is 0 Å². The van der Waals surface area contributed by atoms with Crippen molar-refractivity contribution >= 4 is 35.8 Å². The summed E-state index contributed by atoms with van der Waals surface area (Å²) in [6.45, 7) is 2.65. The van der Waals surface area contributed by atoms with Crippen LogP contribution in [0, 0.1) is 5.92 Å². The zero-order valence-electron chi connectivity index (χ0n) is 26.7. The lowest BCUT2D eigenvalue weighted by atomic mass is 9.90. The molecule has 0 saturated carbocycles. The van der Waals surface area contributed by atoms with Gasteiger partial charge in [0.25, 0.3) is 0 Å². The summed E-state index contributed by atoms with van der Waals surface area (Å²) in [5.41, 5.74) is 11.3. The predicted molar refractivity (Wildman–Crippen MR) is 169 cm³/mol. The van der Waals surface area contributed by atoms with E-state index in [4.69, 9.17) is 11.5 Å². The molecule has 254 valence electrons. The number of amides is 2. The van der Waals surface area contributed by atoms with E-state index in [-0.39, 0.29) is 19.3 Å². The Morgan fingerprint density at radius 1 is 0.659 bits per heavy atom. The molecule has 0 saturated heterocycles. The van der Waals surface area contributed by atoms with Gasteiger partial charge in [-0.15, -0.1) is 0 Å². The summed E-state index contributed by atoms with van der Waals surface area (Å²) in [6, 6.07) is -3.82. The number of carbonyl (C=O) groups excluding carboxylic acids is 4. The van der Waals surface area contributed by atoms with E-state index in [0.29, 0.717) is 38.5 Å². The molecule has 44 heavy (non-hydrogen) atoms. The number of rotatable bonds is 30. The number of aldehydes is 1. The van der Waals surface area contributed by atoms with Crippen molar-refractivity contribution in [2.75, 3.05) is 6.54 Å². The fraction of sp³-hybridized carbons (Fsp3) is 0.812. The largest absolute Gasteiger partial charge is 0.480 e. The number of nitrogens with one attached hydrogen (secondary N) is 2. The second-order valence-electron chi connectivity index (χ2n) is 11.7. The Morgan fingerprint density at radius 2 is 1.14 bits per heavy atom. The van der Waals surface area contributed by atoms with Crippen LogP contribution in [-0.2, 0) is 28.8 Å². The molecule has 0 fully saturated rings. The molecule has 0 radical (unpaired) electrons. The first-order valence-corrected chi connectivity index (χ1v) is 16.6. The highest BCUT2D eigenvalue weighted by Crippen LogP contribution is 2.14. The van der Waals surface area contributed by atoms with Gasteiger partial charge < -0.3 is 37.1 Å². The Morgan fingerprint density at radius 3 is 1.61 bits per heavy atom. The third-order valence-electron chi connectivity index (χ3n) is 7.79. The van der Waals surface area contributed by atoms with Crippen LogP contribution < -0.4 is 22.1 Å². The van der Waals surface area contributed by atoms with E-state index in [9.17, 15) is 39.0 Å². The van der Waals surface area contributed by atoms with E-state index in [1.54, 1.807) is 0 Å². The van der Waals surface area contributed by atoms with Crippen molar-refractivity contribution in [3.05, 3.63) is 0 Å². The monoisotopic (exact) mass is 626 g/mol. The number of carboxylic acids is 2. The number of carboxylic acid groups (broad SMARTS) is 2. The molecule has 0 aliphatic heterocycles. The Balaban J connectivity index is 4.43. The van der Waals surface area contributed by atoms with Crippen LogP contribution in [0.1, 0.15) is 135 Å². The van der Waals surface area contributed by atoms with Gasteiger partial charge in [0, 0.05) is 12.8 Å². The first kappa shape index (κ1) is 41.1. The first-order valence-electron chi connectivity index (χ1n) is 16.6. The maximum Gasteiger partial charge on any atom is 0.326 e. The highest BCUT2D eigenvalue weighted by molar-refractivity contribution is 5.97. The van der Waals surface area contributed by atoms with Crippen molar-refractivity contribution in [3.8, 4) is 0 Å². The van der Waals surface area contributed by atoms with Gasteiger partial charge in [-0.1, -0.05) is 90.4 Å². The van der Waals surface area contributed by atoms with E-state index in [1.807, 2.05) is 0 Å². The molecular weight excluding hydrogens is 568 g/mol. The van der Waals surface area contributed by atoms with Crippen LogP contribution in [0.2, 0.25) is 0 Å². The quantitative estimate of drug-likeness (QED) is 0.0386. The smallest absolute Gasteiger partial charge is 0.326 e. The fourth-order valence-corrected chi connectivity index (χ4v) is 5.01. The Kier molecular flexibility index (Phi) is 24.8. The highest BCUT2D eigenvalue weighted by Gasteiger charge is 2.31. The van der Waals surface area contributed by atoms with E-state index in [0.717, 1.165) is 19.3 Å². The highest BCUT2D eigenvalue weighted by atomic mass is 16.4. The molecule has 0 heterocycles. The molecule has 0 aliphatic carbocycles. The molecule has 8 N–H and O–H groups in total. The number of hydrogen-bond donors (Lipinski definition) is 6. The Bertz CT molecular complexity index is 854. The zero-order chi connectivity index (χ0) is 33.2. The third-order valence-corrected chi connectivity index (χ3v) is 7.79. The number of unbranched alkanes of at least 4 members (excludes halogenated alkanes) is 13. The predicted octanol–water partition coefficient (Wildman–Crippen LogP) is 3.62. The minimum absolute atomic E-state index is 0.185. The first-order chi connectivity index (χ1) is 21.1. The summed E-state index contributed by atoms with van der Waals surface area (Å²) in [4.78, 5) is 72.1. The van der Waals surface area contributed by atoms with Gasteiger partial charge in [-0.3, -0.25) is 14.4 Å². The lowest BCUT2D eigenvalue weighted by Crippen LogP contribution is -2.46. The third kappa shape index (κ3) is 20.9. The number of aliphatic carboxylic acids is 2. The lowest BCUT2D eigenvalue weighted by molar-refractivity contribution is -0.144. The summed E-state index contributed by atoms with van der Waals surface area (Å²) in [5.74, 6) is -5.88. The summed E-state index contributed by atoms with van der Waals surface area (Å²) < 4.78 is 0. The van der Waals surface area contributed by atoms with Crippen LogP contribution >= 0.6 is 0 Å². The second-order valence-corrected chi connectivity index (χ2v) is 11.7. The lowest BCUT2D eigenvalue weighted by Gasteiger charge is -2.20. The molecular formula is C32H58N4O8. The van der Waals surface area contributed by atoms with Crippen molar-refractivity contribution < 1.29 is 39.0 Å². The molecule has 0 aromatic rings. The summed E-state index contributed by atoms with van der Waals surface area (Å²) in [6.07, 6.45) is 16.1. The van der Waals surface area contributed by atoms with Gasteiger partial charge in [0.15, 0.2) is 5.78 Å². The van der Waals surface area contributed by atoms with Gasteiger partial charge in [-0.05, 0) is 38.6 Å². The van der Waals surface area contributed by atoms with Crippen LogP contribution in [0.3, 0.4) is 0 Å². The average Bonchev–Trinajstić information content (AvgIpc) is 2.99. The normalized spacial score (nSPS) is 13.8. The summed E-state index contributed by atoms with van der Waals surface area (Å²) in [5, 5.41) is 23.7. The number of Topliss-reactive ketones (excluding diaryl/α,β-unsaturated/α-hetero) is 1. The van der Waals surface area contributed by atoms with Crippen LogP contribution in [0.5, 0.6) is 0 Å². The van der Waals surface area contributed by atoms with Crippen molar-refractivity contribution in [2.24, 2.45) is 17.4 Å². The second kappa shape index (κ2) is 26.5. The van der Waals surface area contributed by atoms with E-state index in [2.05, 4.69) is 17.6 Å². The van der Waals surface area contributed by atoms with Crippen LogP contribution in [0.25, 0.3) is 0 Å². The molecule has 4 atom stereocenters. The Hall–Kier alpha value is -2.86. The van der Waals surface area contributed by atoms with Gasteiger partial charge in [0.2, 0.25) is 11.8 Å². The average molecular weight is 627 g/mol. The minimum atomic E-state index is -1.55. The molecule has 0 aromatic heterocycles. The molecule has 2 amide bonds. The van der Waals surface area contributed by atoms with Crippen molar-refractivity contribution in [2.45, 2.75) is 153 Å². The maximum absolute atomic E-state index is 12.5. The standard InChI is InChI=1S/C32H58N4O8/c1-2-3-4-5-6-7-8-9-10-11-12-13-14-18-28(38)35-26(31(41)42)19-20-29(39)36-27(32(43)44)22-24(23-37)30(40)25(34)17-15-16-21-33/h23-27H,2-22,33-34H2,1H3,(H,35,38)(H,36,39)(H,41,42)(H,43,44)/t24?,25-,26-,27-/m0/s1. The van der Waals surface area contributed by atoms with Crippen LogP contribution in [-0.4, -0.2) is 70.7 Å². The zero-order valence-corrected chi connectivity index (χ0v) is 26.7. The summed E-state index contributed by atoms with van der Waals surface area (Å²) in [7, 11) is 0. The molecule has 0 aromatic carbocycles. The van der Waals surface area contributed by atoms with E-state index in [1.165, 1.54) is 57.8 Å². The topological polar surface area (TPSA) is 219 Å². The maximum atomic E-state index is 12.5. The number of hydrogen-bond acceptors (Lipinski definition) is 8. The van der Waals surface area contributed by atoms with Crippen molar-refractivity contribution in [3.63, 3.8) is 0 Å². The molecule has 12 nitrogen and oxygen atoms in total. The Labute approximate surface area is 262 Å². The minimum Gasteiger partial charge on any atom is -0.480 e. The molecule has 1 unspecified atom stereocenters. The number of ketones is 1. The van der Waals surface area contributed by atoms with Crippen molar-refractivity contribution in [1.82, 2.24) is 10.6 Å². The van der Waals surface area contributed by atoms with Gasteiger partial charge >= 0.3 is 11.9 Å². The van der Waals surface area contributed by atoms with Crippen LogP contribution in [0.4, 0.5) is 0 Å². The van der Waals surface area contributed by atoms with Crippen molar-refractivity contribution in [1.29, 1.82) is 0 Å². The van der Waals surface area contributed by atoms with Gasteiger partial charge in [0.1, 0.15) is 18.4 Å². The summed E-state index contributed by atoms with van der Waals surface area (Å²) >= 11 is 0. The van der Waals surface area contributed by atoms with E-state index < -0.39 is 60.0 Å². The SMILES string of the molecule is CCCCCCCCCCCCCCCC(=O)N[C@@H](CCC(=O)N[C@@H](CC(C=O)C(=O)[C@@H](N)CCCCN)C(=O)O)C(=O)O. The molecule has 0 bridgehead atoms. The van der Waals surface area contributed by atoms with Gasteiger partial charge in [-0.25, -0.2) is 9.59 Å². The molecule has 12 heteroatoms. The molecule has 0 spiro atoms. The molecule has 0 rings (SSSR count).